The molecule has 1 aromatic heterocycles. The first-order valence-corrected chi connectivity index (χ1v) is 6.71. The minimum atomic E-state index is 0.231. The Morgan fingerprint density at radius 2 is 1.94 bits per heavy atom. The van der Waals surface area contributed by atoms with Gasteiger partial charge in [-0.25, -0.2) is 0 Å². The highest BCUT2D eigenvalue weighted by atomic mass is 35.5. The van der Waals surface area contributed by atoms with Gasteiger partial charge in [-0.1, -0.05) is 37.0 Å². The molecule has 0 bridgehead atoms. The summed E-state index contributed by atoms with van der Waals surface area (Å²) in [6, 6.07) is 3.65. The Bertz CT molecular complexity index is 643. The van der Waals surface area contributed by atoms with Gasteiger partial charge in [0.25, 0.3) is 0 Å². The lowest BCUT2D eigenvalue weighted by molar-refractivity contribution is 0.744. The molecule has 0 fully saturated rings. The van der Waals surface area contributed by atoms with Gasteiger partial charge in [0.05, 0.1) is 10.7 Å². The molecule has 0 atom stereocenters. The van der Waals surface area contributed by atoms with Gasteiger partial charge in [-0.05, 0) is 36.8 Å². The number of aromatic amines is 1. The first-order valence-electron chi connectivity index (χ1n) is 5.55. The normalized spacial score (nSPS) is 11.2. The maximum Gasteiger partial charge on any atom is 0.199 e. The first kappa shape index (κ1) is 13.6. The van der Waals surface area contributed by atoms with Crippen molar-refractivity contribution in [1.29, 1.82) is 0 Å². The number of aryl methyl sites for hydroxylation is 1. The van der Waals surface area contributed by atoms with Gasteiger partial charge in [0.1, 0.15) is 5.82 Å². The van der Waals surface area contributed by atoms with E-state index in [1.807, 2.05) is 37.5 Å². The van der Waals surface area contributed by atoms with Crippen molar-refractivity contribution in [2.24, 2.45) is 0 Å². The van der Waals surface area contributed by atoms with Crippen molar-refractivity contribution in [3.8, 4) is 5.69 Å². The van der Waals surface area contributed by atoms with Gasteiger partial charge in [-0.2, -0.15) is 5.10 Å². The number of rotatable bonds is 2. The Morgan fingerprint density at radius 3 is 2.56 bits per heavy atom. The third-order valence-corrected chi connectivity index (χ3v) is 3.67. The monoisotopic (exact) mass is 301 g/mol. The molecule has 0 unspecified atom stereocenters. The molecular weight excluding hydrogens is 289 g/mol. The zero-order valence-corrected chi connectivity index (χ0v) is 12.6. The maximum atomic E-state index is 6.27. The van der Waals surface area contributed by atoms with E-state index in [1.54, 1.807) is 0 Å². The van der Waals surface area contributed by atoms with Crippen LogP contribution in [0.3, 0.4) is 0 Å². The molecular formula is C12H13Cl2N3S. The minimum Gasteiger partial charge on any atom is -0.270 e. The molecule has 6 heteroatoms. The van der Waals surface area contributed by atoms with E-state index in [4.69, 9.17) is 35.4 Å². The third-order valence-electron chi connectivity index (χ3n) is 2.68. The average molecular weight is 302 g/mol. The maximum absolute atomic E-state index is 6.27. The largest absolute Gasteiger partial charge is 0.270 e. The van der Waals surface area contributed by atoms with Gasteiger partial charge in [-0.3, -0.25) is 9.67 Å². The van der Waals surface area contributed by atoms with Gasteiger partial charge in [0, 0.05) is 10.9 Å². The van der Waals surface area contributed by atoms with Crippen LogP contribution in [0.4, 0.5) is 0 Å². The second-order valence-corrected chi connectivity index (χ2v) is 5.63. The fourth-order valence-corrected chi connectivity index (χ4v) is 2.43. The van der Waals surface area contributed by atoms with Crippen LogP contribution in [0, 0.1) is 11.7 Å². The summed E-state index contributed by atoms with van der Waals surface area (Å²) in [5, 5.41) is 8.29. The quantitative estimate of drug-likeness (QED) is 0.818. The number of hydrogen-bond donors (Lipinski definition) is 1. The molecule has 0 amide bonds. The zero-order valence-electron chi connectivity index (χ0n) is 10.3. The third kappa shape index (κ3) is 2.32. The average Bonchev–Trinajstić information content (AvgIpc) is 2.66. The first-order chi connectivity index (χ1) is 8.41. The molecule has 96 valence electrons. The molecule has 1 N–H and O–H groups in total. The Hall–Kier alpha value is -0.840. The van der Waals surface area contributed by atoms with Crippen LogP contribution in [-0.2, 0) is 0 Å². The molecule has 0 aliphatic carbocycles. The summed E-state index contributed by atoms with van der Waals surface area (Å²) >= 11 is 17.7. The van der Waals surface area contributed by atoms with Crippen molar-refractivity contribution in [1.82, 2.24) is 14.8 Å². The highest BCUT2D eigenvalue weighted by Crippen LogP contribution is 2.29. The number of hydrogen-bond acceptors (Lipinski definition) is 2. The molecule has 0 radical (unpaired) electrons. The van der Waals surface area contributed by atoms with Crippen LogP contribution >= 0.6 is 35.4 Å². The molecule has 1 heterocycles. The number of nitrogens with zero attached hydrogens (tertiary/aromatic N) is 2. The van der Waals surface area contributed by atoms with Gasteiger partial charge in [0.2, 0.25) is 0 Å². The summed E-state index contributed by atoms with van der Waals surface area (Å²) in [6.45, 7) is 6.01. The Morgan fingerprint density at radius 1 is 1.28 bits per heavy atom. The summed E-state index contributed by atoms with van der Waals surface area (Å²) in [5.41, 5.74) is 1.70. The molecule has 3 nitrogen and oxygen atoms in total. The fourth-order valence-electron chi connectivity index (χ4n) is 1.74. The Balaban J connectivity index is 2.73. The van der Waals surface area contributed by atoms with Crippen molar-refractivity contribution >= 4 is 35.4 Å². The molecule has 0 spiro atoms. The highest BCUT2D eigenvalue weighted by Gasteiger charge is 2.15. The zero-order chi connectivity index (χ0) is 13.4. The van der Waals surface area contributed by atoms with E-state index in [-0.39, 0.29) is 5.92 Å². The van der Waals surface area contributed by atoms with Crippen LogP contribution in [0.1, 0.15) is 31.2 Å². The molecule has 1 aromatic carbocycles. The summed E-state index contributed by atoms with van der Waals surface area (Å²) in [6.07, 6.45) is 0. The van der Waals surface area contributed by atoms with Crippen LogP contribution < -0.4 is 0 Å². The molecule has 0 aliphatic heterocycles. The molecule has 18 heavy (non-hydrogen) atoms. The van der Waals surface area contributed by atoms with E-state index in [2.05, 4.69) is 10.2 Å². The Labute approximate surface area is 121 Å². The highest BCUT2D eigenvalue weighted by molar-refractivity contribution is 7.71. The van der Waals surface area contributed by atoms with Gasteiger partial charge in [-0.15, -0.1) is 0 Å². The summed E-state index contributed by atoms with van der Waals surface area (Å²) < 4.78 is 2.34. The SMILES string of the molecule is Cc1cc(Cl)c(-n2c(C(C)C)n[nH]c2=S)cc1Cl. The summed E-state index contributed by atoms with van der Waals surface area (Å²) in [7, 11) is 0. The van der Waals surface area contributed by atoms with Crippen LogP contribution in [0.2, 0.25) is 10.0 Å². The van der Waals surface area contributed by atoms with E-state index in [0.717, 1.165) is 17.1 Å². The second-order valence-electron chi connectivity index (χ2n) is 4.43. The van der Waals surface area contributed by atoms with Crippen LogP contribution in [0.5, 0.6) is 0 Å². The molecule has 0 saturated carbocycles. The van der Waals surface area contributed by atoms with E-state index in [1.165, 1.54) is 0 Å². The van der Waals surface area contributed by atoms with E-state index in [0.29, 0.717) is 14.8 Å². The van der Waals surface area contributed by atoms with E-state index in [9.17, 15) is 0 Å². The van der Waals surface area contributed by atoms with Crippen molar-refractivity contribution in [3.05, 3.63) is 38.3 Å². The number of nitrogens with one attached hydrogen (secondary N) is 1. The second kappa shape index (κ2) is 5.03. The molecule has 2 aromatic rings. The van der Waals surface area contributed by atoms with Crippen molar-refractivity contribution < 1.29 is 0 Å². The minimum absolute atomic E-state index is 0.231. The van der Waals surface area contributed by atoms with Crippen LogP contribution in [0.25, 0.3) is 5.69 Å². The molecule has 0 aliphatic rings. The van der Waals surface area contributed by atoms with Crippen LogP contribution in [0.15, 0.2) is 12.1 Å². The number of aromatic nitrogens is 3. The summed E-state index contributed by atoms with van der Waals surface area (Å²) in [4.78, 5) is 0. The lowest BCUT2D eigenvalue weighted by Crippen LogP contribution is -2.04. The number of benzene rings is 1. The predicted molar refractivity (Wildman–Crippen MR) is 77.6 cm³/mol. The smallest absolute Gasteiger partial charge is 0.199 e. The van der Waals surface area contributed by atoms with Gasteiger partial charge in [0.15, 0.2) is 4.77 Å². The van der Waals surface area contributed by atoms with Crippen LogP contribution in [-0.4, -0.2) is 14.8 Å². The van der Waals surface area contributed by atoms with Crippen molar-refractivity contribution in [2.45, 2.75) is 26.7 Å². The Kier molecular flexibility index (Phi) is 3.80. The lowest BCUT2D eigenvalue weighted by atomic mass is 10.2. The van der Waals surface area contributed by atoms with Crippen molar-refractivity contribution in [3.63, 3.8) is 0 Å². The lowest BCUT2D eigenvalue weighted by Gasteiger charge is -2.12. The van der Waals surface area contributed by atoms with Gasteiger partial charge >= 0.3 is 0 Å². The molecule has 2 rings (SSSR count). The standard InChI is InChI=1S/C12H13Cl2N3S/c1-6(2)11-15-16-12(18)17(11)10-5-8(13)7(3)4-9(10)14/h4-6H,1-3H3,(H,16,18). The van der Waals surface area contributed by atoms with Gasteiger partial charge < -0.3 is 0 Å². The van der Waals surface area contributed by atoms with Crippen molar-refractivity contribution in [2.75, 3.05) is 0 Å². The number of H-pyrrole nitrogens is 1. The number of halogens is 2. The summed E-state index contributed by atoms with van der Waals surface area (Å²) in [5.74, 6) is 1.07. The predicted octanol–water partition coefficient (Wildman–Crippen LogP) is 4.67. The topological polar surface area (TPSA) is 33.6 Å². The molecule has 0 saturated heterocycles. The fraction of sp³-hybridized carbons (Fsp3) is 0.333. The van der Waals surface area contributed by atoms with E-state index < -0.39 is 0 Å². The van der Waals surface area contributed by atoms with E-state index >= 15 is 0 Å².